The van der Waals surface area contributed by atoms with E-state index in [-0.39, 0.29) is 23.0 Å². The molecule has 4 N–H and O–H groups in total. The van der Waals surface area contributed by atoms with E-state index in [1.807, 2.05) is 0 Å². The minimum absolute atomic E-state index is 0.0748. The van der Waals surface area contributed by atoms with Crippen molar-refractivity contribution in [1.29, 1.82) is 0 Å². The van der Waals surface area contributed by atoms with E-state index < -0.39 is 11.8 Å². The maximum atomic E-state index is 11.8. The van der Waals surface area contributed by atoms with Crippen LogP contribution in [0.5, 0.6) is 23.0 Å². The van der Waals surface area contributed by atoms with Crippen LogP contribution in [-0.4, -0.2) is 48.7 Å². The third-order valence-corrected chi connectivity index (χ3v) is 4.72. The van der Waals surface area contributed by atoms with Crippen LogP contribution < -0.4 is 20.3 Å². The fourth-order valence-corrected chi connectivity index (χ4v) is 3.00. The Hall–Kier alpha value is -3.12. The van der Waals surface area contributed by atoms with Gasteiger partial charge in [0.25, 0.3) is 0 Å². The molecule has 30 heavy (non-hydrogen) atoms. The average molecular weight is 544 g/mol. The van der Waals surface area contributed by atoms with Crippen LogP contribution in [0.4, 0.5) is 0 Å². The minimum atomic E-state index is -1.04. The molecule has 0 bridgehead atoms. The van der Waals surface area contributed by atoms with Gasteiger partial charge in [0.15, 0.2) is 23.0 Å². The zero-order valence-corrected chi connectivity index (χ0v) is 18.8. The summed E-state index contributed by atoms with van der Waals surface area (Å²) in [5.41, 5.74) is 5.11. The topological polar surface area (TPSA) is 142 Å². The number of phenolic OH excluding ortho intramolecular Hbond substituents is 2. The summed E-state index contributed by atoms with van der Waals surface area (Å²) in [7, 11) is 2.78. The maximum absolute atomic E-state index is 11.8. The van der Waals surface area contributed by atoms with Gasteiger partial charge < -0.3 is 19.7 Å². The molecule has 0 atom stereocenters. The molecule has 0 spiro atoms. The number of phenols is 2. The number of amides is 2. The third-order valence-electron chi connectivity index (χ3n) is 3.51. The first-order chi connectivity index (χ1) is 14.3. The van der Waals surface area contributed by atoms with Gasteiger partial charge in [0, 0.05) is 0 Å². The van der Waals surface area contributed by atoms with Gasteiger partial charge >= 0.3 is 11.8 Å². The van der Waals surface area contributed by atoms with Crippen LogP contribution in [0.1, 0.15) is 11.1 Å². The molecule has 0 saturated heterocycles. The highest BCUT2D eigenvalue weighted by molar-refractivity contribution is 9.10. The highest BCUT2D eigenvalue weighted by Crippen LogP contribution is 2.35. The lowest BCUT2D eigenvalue weighted by Crippen LogP contribution is -2.35. The molecular formula is C18H16Br2N4O6. The van der Waals surface area contributed by atoms with Crippen LogP contribution in [0, 0.1) is 0 Å². The molecule has 2 aromatic rings. The van der Waals surface area contributed by atoms with Gasteiger partial charge in [-0.1, -0.05) is 0 Å². The van der Waals surface area contributed by atoms with Crippen molar-refractivity contribution >= 4 is 56.1 Å². The summed E-state index contributed by atoms with van der Waals surface area (Å²) in [4.78, 5) is 23.5. The Morgan fingerprint density at radius 1 is 0.833 bits per heavy atom. The fourth-order valence-electron chi connectivity index (χ4n) is 2.08. The summed E-state index contributed by atoms with van der Waals surface area (Å²) in [5, 5.41) is 26.9. The fraction of sp³-hybridized carbons (Fsp3) is 0.111. The minimum Gasteiger partial charge on any atom is -0.503 e. The molecule has 2 rings (SSSR count). The van der Waals surface area contributed by atoms with Gasteiger partial charge in [-0.3, -0.25) is 9.59 Å². The number of hydrazone groups is 2. The van der Waals surface area contributed by atoms with Crippen molar-refractivity contribution in [3.8, 4) is 23.0 Å². The predicted molar refractivity (Wildman–Crippen MR) is 116 cm³/mol. The van der Waals surface area contributed by atoms with Gasteiger partial charge in [-0.15, -0.1) is 0 Å². The molecule has 0 aromatic heterocycles. The summed E-state index contributed by atoms with van der Waals surface area (Å²) in [6.45, 7) is 0. The summed E-state index contributed by atoms with van der Waals surface area (Å²) in [5.74, 6) is -1.82. The van der Waals surface area contributed by atoms with Gasteiger partial charge in [-0.25, -0.2) is 10.9 Å². The Bertz CT molecular complexity index is 945. The van der Waals surface area contributed by atoms with Crippen LogP contribution in [0.2, 0.25) is 0 Å². The Morgan fingerprint density at radius 2 is 1.20 bits per heavy atom. The number of nitrogens with zero attached hydrogens (tertiary/aromatic N) is 2. The molecule has 0 radical (unpaired) electrons. The van der Waals surface area contributed by atoms with Crippen LogP contribution in [0.25, 0.3) is 0 Å². The van der Waals surface area contributed by atoms with E-state index in [4.69, 9.17) is 9.47 Å². The molecule has 10 nitrogen and oxygen atoms in total. The lowest BCUT2D eigenvalue weighted by atomic mass is 10.2. The molecular weight excluding hydrogens is 528 g/mol. The smallest absolute Gasteiger partial charge is 0.331 e. The van der Waals surface area contributed by atoms with Crippen molar-refractivity contribution in [2.24, 2.45) is 10.2 Å². The van der Waals surface area contributed by atoms with E-state index in [1.165, 1.54) is 38.8 Å². The highest BCUT2D eigenvalue weighted by atomic mass is 79.9. The first kappa shape index (κ1) is 23.2. The number of hydrogen-bond donors (Lipinski definition) is 4. The van der Waals surface area contributed by atoms with Crippen LogP contribution in [-0.2, 0) is 9.59 Å². The number of carbonyl (C=O) groups excluding carboxylic acids is 2. The van der Waals surface area contributed by atoms with Crippen LogP contribution in [0.15, 0.2) is 43.4 Å². The molecule has 0 aliphatic rings. The molecule has 0 heterocycles. The number of ether oxygens (including phenoxy) is 2. The van der Waals surface area contributed by atoms with Crippen molar-refractivity contribution in [1.82, 2.24) is 10.9 Å². The number of methoxy groups -OCH3 is 2. The second-order valence-electron chi connectivity index (χ2n) is 5.51. The van der Waals surface area contributed by atoms with E-state index in [0.717, 1.165) is 0 Å². The zero-order valence-electron chi connectivity index (χ0n) is 15.6. The Labute approximate surface area is 187 Å². The van der Waals surface area contributed by atoms with Crippen molar-refractivity contribution in [2.75, 3.05) is 14.2 Å². The van der Waals surface area contributed by atoms with E-state index in [9.17, 15) is 19.8 Å². The molecule has 0 unspecified atom stereocenters. The van der Waals surface area contributed by atoms with Crippen molar-refractivity contribution < 1.29 is 29.3 Å². The molecule has 2 aromatic carbocycles. The molecule has 158 valence electrons. The second kappa shape index (κ2) is 10.6. The number of halogens is 2. The second-order valence-corrected chi connectivity index (χ2v) is 7.21. The molecule has 0 saturated carbocycles. The number of nitrogens with one attached hydrogen (secondary N) is 2. The third kappa shape index (κ3) is 5.94. The number of benzene rings is 2. The monoisotopic (exact) mass is 542 g/mol. The lowest BCUT2D eigenvalue weighted by Gasteiger charge is -2.06. The number of carbonyl (C=O) groups is 2. The van der Waals surface area contributed by atoms with E-state index in [0.29, 0.717) is 20.1 Å². The van der Waals surface area contributed by atoms with Gasteiger partial charge in [0.05, 0.1) is 35.6 Å². The van der Waals surface area contributed by atoms with Gasteiger partial charge in [-0.2, -0.15) is 10.2 Å². The molecule has 2 amide bonds. The first-order valence-corrected chi connectivity index (χ1v) is 9.64. The SMILES string of the molecule is COc1cc(C=NNC(=O)C(=O)N/N=C/c2cc(Br)c(O)c(OC)c2)cc(Br)c1O. The highest BCUT2D eigenvalue weighted by Gasteiger charge is 2.12. The summed E-state index contributed by atoms with van der Waals surface area (Å²) >= 11 is 6.33. The maximum Gasteiger partial charge on any atom is 0.331 e. The molecule has 0 fully saturated rings. The van der Waals surface area contributed by atoms with Gasteiger partial charge in [0.1, 0.15) is 0 Å². The summed E-state index contributed by atoms with van der Waals surface area (Å²) in [6.07, 6.45) is 2.53. The standard InChI is InChI=1S/C18H16Br2N4O6/c1-29-13-5-9(3-11(19)15(13)25)7-21-23-17(27)18(28)24-22-8-10-4-12(20)16(26)14(6-10)30-2/h3-8,25-26H,1-2H3,(H,23,27)(H,24,28)/b21-7+,22-8?. The Morgan fingerprint density at radius 3 is 1.53 bits per heavy atom. The Kier molecular flexibility index (Phi) is 8.18. The quantitative estimate of drug-likeness (QED) is 0.250. The van der Waals surface area contributed by atoms with Crippen LogP contribution in [0.3, 0.4) is 0 Å². The largest absolute Gasteiger partial charge is 0.503 e. The zero-order chi connectivity index (χ0) is 22.3. The normalized spacial score (nSPS) is 10.9. The molecule has 0 aliphatic heterocycles. The van der Waals surface area contributed by atoms with E-state index in [2.05, 4.69) is 52.9 Å². The Balaban J connectivity index is 1.95. The van der Waals surface area contributed by atoms with Crippen molar-refractivity contribution in [3.63, 3.8) is 0 Å². The number of hydrogen-bond acceptors (Lipinski definition) is 8. The number of rotatable bonds is 6. The van der Waals surface area contributed by atoms with E-state index in [1.54, 1.807) is 12.1 Å². The van der Waals surface area contributed by atoms with Crippen LogP contribution >= 0.6 is 31.9 Å². The van der Waals surface area contributed by atoms with Gasteiger partial charge in [0.2, 0.25) is 0 Å². The summed E-state index contributed by atoms with van der Waals surface area (Å²) in [6, 6.07) is 6.07. The summed E-state index contributed by atoms with van der Waals surface area (Å²) < 4.78 is 10.8. The molecule has 0 aliphatic carbocycles. The van der Waals surface area contributed by atoms with E-state index >= 15 is 0 Å². The average Bonchev–Trinajstić information content (AvgIpc) is 2.72. The van der Waals surface area contributed by atoms with Crippen molar-refractivity contribution in [3.05, 3.63) is 44.3 Å². The predicted octanol–water partition coefficient (Wildman–Crippen LogP) is 2.24. The lowest BCUT2D eigenvalue weighted by molar-refractivity contribution is -0.139. The van der Waals surface area contributed by atoms with Crippen molar-refractivity contribution in [2.45, 2.75) is 0 Å². The molecule has 12 heteroatoms. The first-order valence-electron chi connectivity index (χ1n) is 8.06. The van der Waals surface area contributed by atoms with Gasteiger partial charge in [-0.05, 0) is 67.3 Å². The number of aromatic hydroxyl groups is 2.